The largest absolute Gasteiger partial charge is 0.492 e. The zero-order valence-corrected chi connectivity index (χ0v) is 11.9. The fourth-order valence-corrected chi connectivity index (χ4v) is 2.51. The smallest absolute Gasteiger partial charge is 0.162 e. The summed E-state index contributed by atoms with van der Waals surface area (Å²) in [6.45, 7) is 3.75. The van der Waals surface area contributed by atoms with Crippen LogP contribution in [0.15, 0.2) is 24.3 Å². The lowest BCUT2D eigenvalue weighted by Crippen LogP contribution is -2.40. The molecule has 1 heterocycles. The summed E-state index contributed by atoms with van der Waals surface area (Å²) in [5, 5.41) is 0. The Morgan fingerprint density at radius 2 is 2.26 bits per heavy atom. The number of carbonyl (C=O) groups is 1. The summed E-state index contributed by atoms with van der Waals surface area (Å²) in [7, 11) is 2.16. The first-order chi connectivity index (χ1) is 9.20. The van der Waals surface area contributed by atoms with Crippen molar-refractivity contribution >= 4 is 5.78 Å². The lowest BCUT2D eigenvalue weighted by Gasteiger charge is -2.32. The predicted octanol–water partition coefficient (Wildman–Crippen LogP) is 3.14. The molecule has 19 heavy (non-hydrogen) atoms. The third-order valence-electron chi connectivity index (χ3n) is 3.84. The Balaban J connectivity index is 1.93. The number of nitrogens with zero attached hydrogens (tertiary/aromatic N) is 1. The van der Waals surface area contributed by atoms with Gasteiger partial charge in [-0.1, -0.05) is 25.5 Å². The molecule has 1 unspecified atom stereocenters. The van der Waals surface area contributed by atoms with Gasteiger partial charge in [0.05, 0.1) is 0 Å². The first kappa shape index (κ1) is 14.1. The van der Waals surface area contributed by atoms with Gasteiger partial charge in [0.2, 0.25) is 0 Å². The second-order valence-electron chi connectivity index (χ2n) is 5.25. The van der Waals surface area contributed by atoms with Gasteiger partial charge in [0, 0.05) is 18.0 Å². The molecule has 1 aromatic rings. The van der Waals surface area contributed by atoms with E-state index >= 15 is 0 Å². The summed E-state index contributed by atoms with van der Waals surface area (Å²) in [5.41, 5.74) is 0.747. The minimum Gasteiger partial charge on any atom is -0.492 e. The van der Waals surface area contributed by atoms with E-state index in [9.17, 15) is 4.79 Å². The van der Waals surface area contributed by atoms with Gasteiger partial charge < -0.3 is 9.64 Å². The molecule has 0 aliphatic carbocycles. The molecule has 104 valence electrons. The van der Waals surface area contributed by atoms with Crippen LogP contribution in [-0.2, 0) is 0 Å². The van der Waals surface area contributed by atoms with Crippen molar-refractivity contribution in [2.75, 3.05) is 20.2 Å². The van der Waals surface area contributed by atoms with Crippen molar-refractivity contribution in [1.29, 1.82) is 0 Å². The standard InChI is InChI=1S/C16H23NO2/c1-3-16(18)13-7-6-9-15(11-13)19-12-14-8-4-5-10-17(14)2/h6-7,9,11,14H,3-5,8,10,12H2,1-2H3. The molecule has 1 atom stereocenters. The summed E-state index contributed by atoms with van der Waals surface area (Å²) in [6, 6.07) is 8.03. The van der Waals surface area contributed by atoms with Crippen LogP contribution < -0.4 is 4.74 Å². The van der Waals surface area contributed by atoms with Crippen molar-refractivity contribution < 1.29 is 9.53 Å². The topological polar surface area (TPSA) is 29.5 Å². The number of rotatable bonds is 5. The minimum atomic E-state index is 0.167. The maximum absolute atomic E-state index is 11.7. The number of likely N-dealkylation sites (N-methyl/N-ethyl adjacent to an activating group) is 1. The monoisotopic (exact) mass is 261 g/mol. The summed E-state index contributed by atoms with van der Waals surface area (Å²) in [4.78, 5) is 14.0. The van der Waals surface area contributed by atoms with E-state index in [1.807, 2.05) is 31.2 Å². The SMILES string of the molecule is CCC(=O)c1cccc(OCC2CCCCN2C)c1. The number of Topliss-reactive ketones (excluding diaryl/α,β-unsaturated/α-hetero) is 1. The molecule has 0 radical (unpaired) electrons. The average molecular weight is 261 g/mol. The van der Waals surface area contributed by atoms with E-state index in [0.717, 1.165) is 17.9 Å². The number of ketones is 1. The molecule has 3 nitrogen and oxygen atoms in total. The van der Waals surface area contributed by atoms with Crippen LogP contribution in [0.25, 0.3) is 0 Å². The molecule has 1 aromatic carbocycles. The Morgan fingerprint density at radius 1 is 1.42 bits per heavy atom. The first-order valence-corrected chi connectivity index (χ1v) is 7.17. The molecule has 3 heteroatoms. The van der Waals surface area contributed by atoms with Crippen LogP contribution in [0.2, 0.25) is 0 Å². The fraction of sp³-hybridized carbons (Fsp3) is 0.562. The highest BCUT2D eigenvalue weighted by Gasteiger charge is 2.19. The molecule has 2 rings (SSSR count). The molecule has 1 aliphatic rings. The summed E-state index contributed by atoms with van der Waals surface area (Å²) in [6.07, 6.45) is 4.30. The van der Waals surface area contributed by atoms with Gasteiger partial charge in [-0.3, -0.25) is 4.79 Å². The lowest BCUT2D eigenvalue weighted by molar-refractivity contribution is 0.0987. The van der Waals surface area contributed by atoms with E-state index < -0.39 is 0 Å². The highest BCUT2D eigenvalue weighted by atomic mass is 16.5. The number of ether oxygens (including phenoxy) is 1. The van der Waals surface area contributed by atoms with Gasteiger partial charge in [0.15, 0.2) is 5.78 Å². The molecule has 0 bridgehead atoms. The number of hydrogen-bond acceptors (Lipinski definition) is 3. The van der Waals surface area contributed by atoms with Crippen molar-refractivity contribution in [3.63, 3.8) is 0 Å². The predicted molar refractivity (Wildman–Crippen MR) is 76.8 cm³/mol. The molecule has 1 saturated heterocycles. The van der Waals surface area contributed by atoms with Crippen molar-refractivity contribution in [2.24, 2.45) is 0 Å². The Hall–Kier alpha value is -1.35. The van der Waals surface area contributed by atoms with Gasteiger partial charge in [0.25, 0.3) is 0 Å². The van der Waals surface area contributed by atoms with Gasteiger partial charge in [-0.15, -0.1) is 0 Å². The number of piperidine rings is 1. The van der Waals surface area contributed by atoms with Crippen LogP contribution in [0, 0.1) is 0 Å². The van der Waals surface area contributed by atoms with Crippen LogP contribution in [0.3, 0.4) is 0 Å². The number of carbonyl (C=O) groups excluding carboxylic acids is 1. The van der Waals surface area contributed by atoms with Crippen molar-refractivity contribution in [3.8, 4) is 5.75 Å². The fourth-order valence-electron chi connectivity index (χ4n) is 2.51. The normalized spacial score (nSPS) is 20.2. The van der Waals surface area contributed by atoms with Crippen LogP contribution in [0.4, 0.5) is 0 Å². The van der Waals surface area contributed by atoms with Gasteiger partial charge in [0.1, 0.15) is 12.4 Å². The number of benzene rings is 1. The van der Waals surface area contributed by atoms with E-state index in [-0.39, 0.29) is 5.78 Å². The van der Waals surface area contributed by atoms with Crippen molar-refractivity contribution in [1.82, 2.24) is 4.90 Å². The molecular weight excluding hydrogens is 238 g/mol. The Bertz CT molecular complexity index is 431. The average Bonchev–Trinajstić information content (AvgIpc) is 2.46. The first-order valence-electron chi connectivity index (χ1n) is 7.17. The zero-order valence-electron chi connectivity index (χ0n) is 11.9. The van der Waals surface area contributed by atoms with E-state index in [2.05, 4.69) is 11.9 Å². The van der Waals surface area contributed by atoms with E-state index in [1.54, 1.807) is 0 Å². The third-order valence-corrected chi connectivity index (χ3v) is 3.84. The van der Waals surface area contributed by atoms with Crippen molar-refractivity contribution in [2.45, 2.75) is 38.6 Å². The van der Waals surface area contributed by atoms with Crippen LogP contribution in [-0.4, -0.2) is 36.9 Å². The highest BCUT2D eigenvalue weighted by molar-refractivity contribution is 5.96. The quantitative estimate of drug-likeness (QED) is 0.763. The van der Waals surface area contributed by atoms with Crippen molar-refractivity contribution in [3.05, 3.63) is 29.8 Å². The van der Waals surface area contributed by atoms with Gasteiger partial charge in [-0.2, -0.15) is 0 Å². The zero-order chi connectivity index (χ0) is 13.7. The second kappa shape index (κ2) is 6.71. The van der Waals surface area contributed by atoms with Crippen LogP contribution in [0.5, 0.6) is 5.75 Å². The molecule has 0 N–H and O–H groups in total. The van der Waals surface area contributed by atoms with E-state index in [0.29, 0.717) is 19.1 Å². The summed E-state index contributed by atoms with van der Waals surface area (Å²) in [5.74, 6) is 0.971. The molecule has 0 aromatic heterocycles. The molecule has 0 spiro atoms. The second-order valence-corrected chi connectivity index (χ2v) is 5.25. The Labute approximate surface area is 115 Å². The molecular formula is C16H23NO2. The van der Waals surface area contributed by atoms with Gasteiger partial charge in [-0.05, 0) is 38.6 Å². The molecule has 1 aliphatic heterocycles. The lowest BCUT2D eigenvalue weighted by atomic mass is 10.0. The Kier molecular flexibility index (Phi) is 4.97. The maximum Gasteiger partial charge on any atom is 0.162 e. The molecule has 0 amide bonds. The maximum atomic E-state index is 11.7. The van der Waals surface area contributed by atoms with Crippen LogP contribution >= 0.6 is 0 Å². The third kappa shape index (κ3) is 3.80. The van der Waals surface area contributed by atoms with Gasteiger partial charge >= 0.3 is 0 Å². The Morgan fingerprint density at radius 3 is 3.00 bits per heavy atom. The number of likely N-dealkylation sites (tertiary alicyclic amines) is 1. The molecule has 0 saturated carbocycles. The number of hydrogen-bond donors (Lipinski definition) is 0. The molecule has 1 fully saturated rings. The van der Waals surface area contributed by atoms with E-state index in [1.165, 1.54) is 19.3 Å². The van der Waals surface area contributed by atoms with Gasteiger partial charge in [-0.25, -0.2) is 0 Å². The highest BCUT2D eigenvalue weighted by Crippen LogP contribution is 2.19. The van der Waals surface area contributed by atoms with E-state index in [4.69, 9.17) is 4.74 Å². The minimum absolute atomic E-state index is 0.167. The summed E-state index contributed by atoms with van der Waals surface area (Å²) >= 11 is 0. The summed E-state index contributed by atoms with van der Waals surface area (Å²) < 4.78 is 5.86. The van der Waals surface area contributed by atoms with Crippen LogP contribution in [0.1, 0.15) is 43.0 Å².